The average Bonchev–Trinajstić information content (AvgIpc) is 3.37. The number of benzene rings is 1. The Morgan fingerprint density at radius 3 is 2.43 bits per heavy atom. The van der Waals surface area contributed by atoms with Crippen LogP contribution in [-0.4, -0.2) is 31.5 Å². The van der Waals surface area contributed by atoms with E-state index >= 15 is 0 Å². The topological polar surface area (TPSA) is 87.2 Å². The SMILES string of the molecule is Cc1nc(Nc2ccc(NS(=O)(=O)c3cccs3)cc2)cc(N2CCCC2)n1. The minimum Gasteiger partial charge on any atom is -0.356 e. The molecular weight excluding hydrogens is 394 g/mol. The first kappa shape index (κ1) is 18.7. The first-order valence-corrected chi connectivity index (χ1v) is 11.4. The summed E-state index contributed by atoms with van der Waals surface area (Å²) >= 11 is 1.19. The molecule has 0 amide bonds. The molecule has 2 N–H and O–H groups in total. The van der Waals surface area contributed by atoms with Crippen molar-refractivity contribution in [1.82, 2.24) is 9.97 Å². The van der Waals surface area contributed by atoms with Gasteiger partial charge in [-0.2, -0.15) is 0 Å². The molecule has 1 saturated heterocycles. The number of aromatic nitrogens is 2. The second-order valence-corrected chi connectivity index (χ2v) is 9.45. The summed E-state index contributed by atoms with van der Waals surface area (Å²) in [7, 11) is -3.54. The predicted molar refractivity (Wildman–Crippen MR) is 113 cm³/mol. The Morgan fingerprint density at radius 1 is 1.04 bits per heavy atom. The zero-order valence-corrected chi connectivity index (χ0v) is 17.1. The van der Waals surface area contributed by atoms with Gasteiger partial charge < -0.3 is 10.2 Å². The fraction of sp³-hybridized carbons (Fsp3) is 0.263. The van der Waals surface area contributed by atoms with Crippen molar-refractivity contribution < 1.29 is 8.42 Å². The van der Waals surface area contributed by atoms with E-state index in [1.807, 2.05) is 25.1 Å². The van der Waals surface area contributed by atoms with Crippen LogP contribution >= 0.6 is 11.3 Å². The molecule has 1 aliphatic rings. The number of anilines is 4. The summed E-state index contributed by atoms with van der Waals surface area (Å²) in [4.78, 5) is 11.3. The third-order valence-corrected chi connectivity index (χ3v) is 7.20. The lowest BCUT2D eigenvalue weighted by Crippen LogP contribution is -2.19. The molecule has 2 aromatic heterocycles. The van der Waals surface area contributed by atoms with Crippen molar-refractivity contribution in [3.63, 3.8) is 0 Å². The summed E-state index contributed by atoms with van der Waals surface area (Å²) in [5, 5.41) is 5.01. The molecule has 0 aliphatic carbocycles. The monoisotopic (exact) mass is 415 g/mol. The number of sulfonamides is 1. The second-order valence-electron chi connectivity index (χ2n) is 6.59. The number of nitrogens with one attached hydrogen (secondary N) is 2. The van der Waals surface area contributed by atoms with Crippen LogP contribution in [0, 0.1) is 6.92 Å². The molecule has 9 heteroatoms. The maximum absolute atomic E-state index is 12.3. The van der Waals surface area contributed by atoms with Crippen LogP contribution in [0.2, 0.25) is 0 Å². The van der Waals surface area contributed by atoms with Gasteiger partial charge in [0.1, 0.15) is 21.7 Å². The Balaban J connectivity index is 1.48. The first-order chi connectivity index (χ1) is 13.5. The van der Waals surface area contributed by atoms with Crippen molar-refractivity contribution in [3.05, 3.63) is 53.7 Å². The molecule has 1 fully saturated rings. The summed E-state index contributed by atoms with van der Waals surface area (Å²) in [5.41, 5.74) is 1.33. The van der Waals surface area contributed by atoms with E-state index in [-0.39, 0.29) is 0 Å². The van der Waals surface area contributed by atoms with Gasteiger partial charge in [-0.25, -0.2) is 18.4 Å². The van der Waals surface area contributed by atoms with E-state index in [1.165, 1.54) is 24.2 Å². The predicted octanol–water partition coefficient (Wildman–Crippen LogP) is 3.99. The summed E-state index contributed by atoms with van der Waals surface area (Å²) in [5.74, 6) is 2.38. The van der Waals surface area contributed by atoms with Crippen molar-refractivity contribution >= 4 is 44.4 Å². The molecule has 28 heavy (non-hydrogen) atoms. The first-order valence-electron chi connectivity index (χ1n) is 9.04. The van der Waals surface area contributed by atoms with E-state index in [1.54, 1.807) is 29.6 Å². The van der Waals surface area contributed by atoms with Gasteiger partial charge in [-0.15, -0.1) is 11.3 Å². The number of thiophene rings is 1. The summed E-state index contributed by atoms with van der Waals surface area (Å²) < 4.78 is 27.5. The number of aryl methyl sites for hydroxylation is 1. The quantitative estimate of drug-likeness (QED) is 0.633. The van der Waals surface area contributed by atoms with E-state index in [0.717, 1.165) is 30.4 Å². The Kier molecular flexibility index (Phi) is 5.19. The summed E-state index contributed by atoms with van der Waals surface area (Å²) in [6.45, 7) is 3.93. The molecule has 0 unspecified atom stereocenters. The van der Waals surface area contributed by atoms with Crippen molar-refractivity contribution in [3.8, 4) is 0 Å². The van der Waals surface area contributed by atoms with Gasteiger partial charge in [0.25, 0.3) is 10.0 Å². The number of nitrogens with zero attached hydrogens (tertiary/aromatic N) is 3. The van der Waals surface area contributed by atoms with Gasteiger partial charge in [-0.1, -0.05) is 6.07 Å². The minimum absolute atomic E-state index is 0.292. The molecule has 1 aromatic carbocycles. The van der Waals surface area contributed by atoms with Gasteiger partial charge in [0, 0.05) is 30.5 Å². The van der Waals surface area contributed by atoms with Crippen LogP contribution in [0.15, 0.2) is 52.1 Å². The molecule has 3 heterocycles. The number of hydrogen-bond acceptors (Lipinski definition) is 7. The average molecular weight is 416 g/mol. The van der Waals surface area contributed by atoms with Gasteiger partial charge in [0.15, 0.2) is 0 Å². The number of rotatable bonds is 6. The smallest absolute Gasteiger partial charge is 0.271 e. The van der Waals surface area contributed by atoms with Crippen molar-refractivity contribution in [1.29, 1.82) is 0 Å². The van der Waals surface area contributed by atoms with Gasteiger partial charge >= 0.3 is 0 Å². The zero-order valence-electron chi connectivity index (χ0n) is 15.4. The zero-order chi connectivity index (χ0) is 19.6. The van der Waals surface area contributed by atoms with Crippen LogP contribution < -0.4 is 14.9 Å². The van der Waals surface area contributed by atoms with Gasteiger partial charge in [-0.3, -0.25) is 4.72 Å². The molecule has 0 saturated carbocycles. The molecule has 0 atom stereocenters. The van der Waals surface area contributed by atoms with E-state index in [0.29, 0.717) is 15.7 Å². The van der Waals surface area contributed by atoms with Crippen LogP contribution in [0.5, 0.6) is 0 Å². The molecule has 0 bridgehead atoms. The fourth-order valence-electron chi connectivity index (χ4n) is 3.12. The Bertz CT molecular complexity index is 1040. The molecular formula is C19H21N5O2S2. The highest BCUT2D eigenvalue weighted by molar-refractivity contribution is 7.94. The lowest BCUT2D eigenvalue weighted by molar-refractivity contribution is 0.603. The Hall–Kier alpha value is -2.65. The normalized spacial score (nSPS) is 14.2. The largest absolute Gasteiger partial charge is 0.356 e. The van der Waals surface area contributed by atoms with Crippen molar-refractivity contribution in [2.45, 2.75) is 24.0 Å². The van der Waals surface area contributed by atoms with Crippen LogP contribution in [-0.2, 0) is 10.0 Å². The maximum Gasteiger partial charge on any atom is 0.271 e. The Morgan fingerprint density at radius 2 is 1.75 bits per heavy atom. The highest BCUT2D eigenvalue weighted by Gasteiger charge is 2.16. The number of hydrogen-bond donors (Lipinski definition) is 2. The van der Waals surface area contributed by atoms with Gasteiger partial charge in [0.2, 0.25) is 0 Å². The van der Waals surface area contributed by atoms with Crippen molar-refractivity contribution in [2.24, 2.45) is 0 Å². The van der Waals surface area contributed by atoms with Gasteiger partial charge in [0.05, 0.1) is 0 Å². The highest BCUT2D eigenvalue weighted by Crippen LogP contribution is 2.25. The maximum atomic E-state index is 12.3. The minimum atomic E-state index is -3.54. The van der Waals surface area contributed by atoms with Crippen LogP contribution in [0.4, 0.5) is 23.0 Å². The highest BCUT2D eigenvalue weighted by atomic mass is 32.2. The molecule has 4 rings (SSSR count). The molecule has 3 aromatic rings. The van der Waals surface area contributed by atoms with Crippen molar-refractivity contribution in [2.75, 3.05) is 28.0 Å². The van der Waals surface area contributed by atoms with Crippen LogP contribution in [0.25, 0.3) is 0 Å². The molecule has 1 aliphatic heterocycles. The molecule has 7 nitrogen and oxygen atoms in total. The lowest BCUT2D eigenvalue weighted by Gasteiger charge is -2.18. The van der Waals surface area contributed by atoms with Gasteiger partial charge in [-0.05, 0) is 55.5 Å². The van der Waals surface area contributed by atoms with E-state index in [2.05, 4.69) is 24.9 Å². The summed E-state index contributed by atoms with van der Waals surface area (Å²) in [6, 6.07) is 12.3. The van der Waals surface area contributed by atoms with Crippen LogP contribution in [0.1, 0.15) is 18.7 Å². The lowest BCUT2D eigenvalue weighted by atomic mass is 10.3. The standard InChI is InChI=1S/C19H21N5O2S2/c1-14-20-17(13-18(21-14)24-10-2-3-11-24)22-15-6-8-16(9-7-15)23-28(25,26)19-5-4-12-27-19/h4-9,12-13,23H,2-3,10-11H2,1H3,(H,20,21,22). The molecule has 0 spiro atoms. The van der Waals surface area contributed by atoms with E-state index in [4.69, 9.17) is 0 Å². The fourth-order valence-corrected chi connectivity index (χ4v) is 5.17. The molecule has 0 radical (unpaired) electrons. The van der Waals surface area contributed by atoms with E-state index in [9.17, 15) is 8.42 Å². The Labute approximate surface area is 168 Å². The second kappa shape index (κ2) is 7.76. The van der Waals surface area contributed by atoms with Crippen LogP contribution in [0.3, 0.4) is 0 Å². The third-order valence-electron chi connectivity index (χ3n) is 4.42. The third kappa shape index (κ3) is 4.26. The molecule has 146 valence electrons. The van der Waals surface area contributed by atoms with E-state index < -0.39 is 10.0 Å². The summed E-state index contributed by atoms with van der Waals surface area (Å²) in [6.07, 6.45) is 2.38.